The summed E-state index contributed by atoms with van der Waals surface area (Å²) in [6.45, 7) is 0.0745. The molecule has 1 aromatic rings. The van der Waals surface area contributed by atoms with Crippen molar-refractivity contribution in [2.75, 3.05) is 13.7 Å². The van der Waals surface area contributed by atoms with E-state index in [-0.39, 0.29) is 6.61 Å². The van der Waals surface area contributed by atoms with Gasteiger partial charge in [0, 0.05) is 0 Å². The van der Waals surface area contributed by atoms with E-state index in [1.54, 1.807) is 7.11 Å². The van der Waals surface area contributed by atoms with Crippen LogP contribution >= 0.6 is 0 Å². The first-order chi connectivity index (χ1) is 8.29. The zero-order valence-corrected chi connectivity index (χ0v) is 10.3. The Labute approximate surface area is 102 Å². The maximum atomic E-state index is 9.60. The van der Waals surface area contributed by atoms with Gasteiger partial charge in [-0.25, -0.2) is 0 Å². The van der Waals surface area contributed by atoms with E-state index in [4.69, 9.17) is 9.47 Å². The predicted octanol–water partition coefficient (Wildman–Crippen LogP) is 2.77. The molecule has 0 unspecified atom stereocenters. The van der Waals surface area contributed by atoms with Crippen LogP contribution in [0.15, 0.2) is 24.3 Å². The second-order valence-electron chi connectivity index (χ2n) is 4.65. The lowest BCUT2D eigenvalue weighted by Gasteiger charge is -2.36. The number of hydrogen-bond donors (Lipinski definition) is 1. The van der Waals surface area contributed by atoms with Gasteiger partial charge < -0.3 is 14.6 Å². The molecule has 0 amide bonds. The summed E-state index contributed by atoms with van der Waals surface area (Å²) in [5.74, 6) is 1.46. The van der Waals surface area contributed by atoms with E-state index in [9.17, 15) is 5.11 Å². The van der Waals surface area contributed by atoms with Crippen LogP contribution in [-0.4, -0.2) is 24.4 Å². The van der Waals surface area contributed by atoms with Gasteiger partial charge in [-0.2, -0.15) is 0 Å². The largest absolute Gasteiger partial charge is 0.493 e. The molecule has 1 aliphatic carbocycles. The number of rotatable bonds is 4. The van der Waals surface area contributed by atoms with Crippen LogP contribution in [0.3, 0.4) is 0 Å². The van der Waals surface area contributed by atoms with E-state index in [1.165, 1.54) is 6.42 Å². The Balaban J connectivity index is 2.17. The molecule has 1 saturated carbocycles. The van der Waals surface area contributed by atoms with Crippen LogP contribution in [0.25, 0.3) is 0 Å². The average molecular weight is 236 g/mol. The molecule has 0 bridgehead atoms. The maximum absolute atomic E-state index is 9.60. The normalized spacial score (nSPS) is 18.7. The molecular formula is C14H20O3. The minimum absolute atomic E-state index is 0.0745. The highest BCUT2D eigenvalue weighted by molar-refractivity contribution is 5.39. The van der Waals surface area contributed by atoms with Gasteiger partial charge in [-0.1, -0.05) is 18.6 Å². The number of methoxy groups -OCH3 is 1. The molecule has 0 aliphatic heterocycles. The fourth-order valence-corrected chi connectivity index (χ4v) is 2.42. The van der Waals surface area contributed by atoms with E-state index in [0.717, 1.165) is 37.2 Å². The molecule has 0 heterocycles. The van der Waals surface area contributed by atoms with Crippen LogP contribution in [-0.2, 0) is 0 Å². The molecule has 2 rings (SSSR count). The number of hydrogen-bond acceptors (Lipinski definition) is 3. The molecule has 1 aromatic carbocycles. The Kier molecular flexibility index (Phi) is 3.89. The topological polar surface area (TPSA) is 38.7 Å². The lowest BCUT2D eigenvalue weighted by atomic mass is 9.85. The van der Waals surface area contributed by atoms with Crippen molar-refractivity contribution in [3.63, 3.8) is 0 Å². The van der Waals surface area contributed by atoms with Gasteiger partial charge in [0.15, 0.2) is 11.5 Å². The van der Waals surface area contributed by atoms with Crippen molar-refractivity contribution in [3.05, 3.63) is 24.3 Å². The lowest BCUT2D eigenvalue weighted by molar-refractivity contribution is -0.0213. The summed E-state index contributed by atoms with van der Waals surface area (Å²) in [6.07, 6.45) is 5.31. The highest BCUT2D eigenvalue weighted by Crippen LogP contribution is 2.36. The van der Waals surface area contributed by atoms with E-state index in [2.05, 4.69) is 0 Å². The zero-order chi connectivity index (χ0) is 12.1. The van der Waals surface area contributed by atoms with Crippen LogP contribution in [0.5, 0.6) is 11.5 Å². The van der Waals surface area contributed by atoms with Crippen molar-refractivity contribution < 1.29 is 14.6 Å². The summed E-state index contributed by atoms with van der Waals surface area (Å²) in [5, 5.41) is 9.60. The Morgan fingerprint density at radius 1 is 1.12 bits per heavy atom. The molecule has 1 N–H and O–H groups in total. The third-order valence-electron chi connectivity index (χ3n) is 3.45. The predicted molar refractivity (Wildman–Crippen MR) is 66.5 cm³/mol. The first-order valence-electron chi connectivity index (χ1n) is 6.22. The number of para-hydroxylation sites is 2. The van der Waals surface area contributed by atoms with Gasteiger partial charge in [-0.05, 0) is 37.8 Å². The van der Waals surface area contributed by atoms with E-state index < -0.39 is 5.60 Å². The summed E-state index contributed by atoms with van der Waals surface area (Å²) < 4.78 is 11.3. The monoisotopic (exact) mass is 236 g/mol. The molecule has 0 spiro atoms. The molecule has 3 nitrogen and oxygen atoms in total. The smallest absolute Gasteiger partial charge is 0.162 e. The van der Waals surface area contributed by atoms with Gasteiger partial charge >= 0.3 is 0 Å². The molecule has 0 radical (unpaired) electrons. The van der Waals surface area contributed by atoms with Gasteiger partial charge in [0.2, 0.25) is 0 Å². The molecule has 1 fully saturated rings. The number of aliphatic hydroxyl groups excluding tert-OH is 1. The summed E-state index contributed by atoms with van der Waals surface area (Å²) in [5.41, 5.74) is -0.410. The minimum atomic E-state index is -0.410. The van der Waals surface area contributed by atoms with Crippen molar-refractivity contribution in [2.45, 2.75) is 37.7 Å². The van der Waals surface area contributed by atoms with Gasteiger partial charge in [0.05, 0.1) is 13.7 Å². The van der Waals surface area contributed by atoms with Crippen molar-refractivity contribution in [3.8, 4) is 11.5 Å². The third-order valence-corrected chi connectivity index (χ3v) is 3.45. The van der Waals surface area contributed by atoms with E-state index >= 15 is 0 Å². The first-order valence-corrected chi connectivity index (χ1v) is 6.22. The fraction of sp³-hybridized carbons (Fsp3) is 0.571. The quantitative estimate of drug-likeness (QED) is 0.873. The van der Waals surface area contributed by atoms with Gasteiger partial charge in [0.1, 0.15) is 5.60 Å². The molecule has 0 saturated heterocycles. The van der Waals surface area contributed by atoms with Crippen LogP contribution in [0.1, 0.15) is 32.1 Å². The SMILES string of the molecule is COc1ccccc1OC1(CO)CCCCC1. The second-order valence-corrected chi connectivity index (χ2v) is 4.65. The Bertz CT molecular complexity index is 356. The van der Waals surface area contributed by atoms with Gasteiger partial charge in [0.25, 0.3) is 0 Å². The molecule has 0 atom stereocenters. The minimum Gasteiger partial charge on any atom is -0.493 e. The number of aliphatic hydroxyl groups is 1. The number of benzene rings is 1. The molecular weight excluding hydrogens is 216 g/mol. The highest BCUT2D eigenvalue weighted by atomic mass is 16.5. The van der Waals surface area contributed by atoms with Crippen LogP contribution in [0.4, 0.5) is 0 Å². The Morgan fingerprint density at radius 3 is 2.35 bits per heavy atom. The maximum Gasteiger partial charge on any atom is 0.162 e. The second kappa shape index (κ2) is 5.41. The summed E-state index contributed by atoms with van der Waals surface area (Å²) in [4.78, 5) is 0. The van der Waals surface area contributed by atoms with Gasteiger partial charge in [-0.3, -0.25) is 0 Å². The molecule has 1 aliphatic rings. The van der Waals surface area contributed by atoms with E-state index in [0.29, 0.717) is 0 Å². The zero-order valence-electron chi connectivity index (χ0n) is 10.3. The van der Waals surface area contributed by atoms with Crippen molar-refractivity contribution in [1.29, 1.82) is 0 Å². The fourth-order valence-electron chi connectivity index (χ4n) is 2.42. The Hall–Kier alpha value is -1.22. The standard InChI is InChI=1S/C14H20O3/c1-16-12-7-3-4-8-13(12)17-14(11-15)9-5-2-6-10-14/h3-4,7-8,15H,2,5-6,9-11H2,1H3. The summed E-state index contributed by atoms with van der Waals surface area (Å²) >= 11 is 0. The summed E-state index contributed by atoms with van der Waals surface area (Å²) in [6, 6.07) is 7.61. The lowest BCUT2D eigenvalue weighted by Crippen LogP contribution is -2.42. The highest BCUT2D eigenvalue weighted by Gasteiger charge is 2.34. The van der Waals surface area contributed by atoms with Crippen LogP contribution in [0.2, 0.25) is 0 Å². The average Bonchev–Trinajstić information content (AvgIpc) is 2.40. The van der Waals surface area contributed by atoms with Crippen LogP contribution < -0.4 is 9.47 Å². The van der Waals surface area contributed by atoms with Crippen molar-refractivity contribution in [1.82, 2.24) is 0 Å². The molecule has 94 valence electrons. The van der Waals surface area contributed by atoms with Crippen molar-refractivity contribution in [2.24, 2.45) is 0 Å². The number of ether oxygens (including phenoxy) is 2. The van der Waals surface area contributed by atoms with Gasteiger partial charge in [-0.15, -0.1) is 0 Å². The Morgan fingerprint density at radius 2 is 1.76 bits per heavy atom. The van der Waals surface area contributed by atoms with E-state index in [1.807, 2.05) is 24.3 Å². The summed E-state index contributed by atoms with van der Waals surface area (Å²) in [7, 11) is 1.63. The molecule has 3 heteroatoms. The van der Waals surface area contributed by atoms with Crippen molar-refractivity contribution >= 4 is 0 Å². The molecule has 17 heavy (non-hydrogen) atoms. The van der Waals surface area contributed by atoms with Crippen LogP contribution in [0, 0.1) is 0 Å². The third kappa shape index (κ3) is 2.72. The molecule has 0 aromatic heterocycles. The first kappa shape index (κ1) is 12.2.